The van der Waals surface area contributed by atoms with Crippen molar-refractivity contribution in [1.82, 2.24) is 4.98 Å². The zero-order chi connectivity index (χ0) is 18.4. The van der Waals surface area contributed by atoms with Crippen LogP contribution in [0.2, 0.25) is 0 Å². The number of rotatable bonds is 6. The molecule has 7 heteroatoms. The van der Waals surface area contributed by atoms with Crippen molar-refractivity contribution < 1.29 is 19.1 Å². The summed E-state index contributed by atoms with van der Waals surface area (Å²) in [6.07, 6.45) is 1.37. The molecule has 0 saturated heterocycles. The van der Waals surface area contributed by atoms with Gasteiger partial charge in [-0.2, -0.15) is 0 Å². The number of amides is 1. The molecule has 1 aromatic heterocycles. The number of methoxy groups -OCH3 is 1. The molecule has 0 aliphatic carbocycles. The molecule has 1 N–H and O–H groups in total. The molecule has 3 rings (SSSR count). The third kappa shape index (κ3) is 4.46. The van der Waals surface area contributed by atoms with Crippen molar-refractivity contribution in [3.05, 3.63) is 76.8 Å². The van der Waals surface area contributed by atoms with E-state index < -0.39 is 5.97 Å². The third-order valence-corrected chi connectivity index (χ3v) is 4.35. The first-order chi connectivity index (χ1) is 12.7. The van der Waals surface area contributed by atoms with Crippen molar-refractivity contribution in [1.29, 1.82) is 0 Å². The van der Waals surface area contributed by atoms with Gasteiger partial charge in [0.2, 0.25) is 0 Å². The highest BCUT2D eigenvalue weighted by Gasteiger charge is 2.13. The van der Waals surface area contributed by atoms with E-state index in [-0.39, 0.29) is 5.91 Å². The molecule has 0 spiro atoms. The van der Waals surface area contributed by atoms with Crippen LogP contribution in [0.5, 0.6) is 5.75 Å². The topological polar surface area (TPSA) is 77.5 Å². The number of aromatic nitrogens is 1. The summed E-state index contributed by atoms with van der Waals surface area (Å²) in [5.74, 6) is -0.226. The number of ether oxygens (including phenoxy) is 2. The Labute approximate surface area is 154 Å². The zero-order valence-electron chi connectivity index (χ0n) is 14.0. The Balaban J connectivity index is 1.64. The number of carbonyl (C=O) groups is 2. The molecule has 2 aromatic carbocycles. The van der Waals surface area contributed by atoms with Crippen molar-refractivity contribution in [3.63, 3.8) is 0 Å². The van der Waals surface area contributed by atoms with Crippen LogP contribution < -0.4 is 10.1 Å². The van der Waals surface area contributed by atoms with Gasteiger partial charge in [0.1, 0.15) is 17.2 Å². The molecule has 1 amide bonds. The molecule has 6 nitrogen and oxygen atoms in total. The van der Waals surface area contributed by atoms with E-state index in [0.717, 1.165) is 16.9 Å². The first kappa shape index (κ1) is 17.6. The molecule has 0 fully saturated rings. The van der Waals surface area contributed by atoms with E-state index in [0.29, 0.717) is 27.9 Å². The van der Waals surface area contributed by atoms with Crippen LogP contribution in [0.3, 0.4) is 0 Å². The minimum absolute atomic E-state index is 0.322. The normalized spacial score (nSPS) is 10.2. The first-order valence-electron chi connectivity index (χ1n) is 7.78. The molecule has 0 radical (unpaired) electrons. The van der Waals surface area contributed by atoms with Gasteiger partial charge >= 0.3 is 5.97 Å². The molecule has 132 valence electrons. The van der Waals surface area contributed by atoms with Crippen LogP contribution in [-0.2, 0) is 11.3 Å². The highest BCUT2D eigenvalue weighted by atomic mass is 32.1. The van der Waals surface area contributed by atoms with Gasteiger partial charge in [-0.25, -0.2) is 9.78 Å². The standard InChI is InChI=1S/C19H16N2O4S/c1-24-18(23)16-11-20-19(26-16)21-17(22)14-8-5-9-15(10-14)25-12-13-6-3-2-4-7-13/h2-11H,12H2,1H3,(H,20,21,22). The van der Waals surface area contributed by atoms with E-state index in [1.54, 1.807) is 24.3 Å². The predicted octanol–water partition coefficient (Wildman–Crippen LogP) is 3.76. The van der Waals surface area contributed by atoms with Crippen LogP contribution in [0.25, 0.3) is 0 Å². The first-order valence-corrected chi connectivity index (χ1v) is 8.59. The van der Waals surface area contributed by atoms with E-state index in [4.69, 9.17) is 4.74 Å². The van der Waals surface area contributed by atoms with E-state index in [1.807, 2.05) is 30.3 Å². The lowest BCUT2D eigenvalue weighted by molar-refractivity contribution is 0.0606. The van der Waals surface area contributed by atoms with Gasteiger partial charge < -0.3 is 9.47 Å². The second-order valence-electron chi connectivity index (χ2n) is 5.28. The number of carbonyl (C=O) groups excluding carboxylic acids is 2. The fraction of sp³-hybridized carbons (Fsp3) is 0.105. The van der Waals surface area contributed by atoms with Crippen molar-refractivity contribution >= 4 is 28.3 Å². The maximum Gasteiger partial charge on any atom is 0.349 e. The van der Waals surface area contributed by atoms with Crippen LogP contribution in [-0.4, -0.2) is 24.0 Å². The lowest BCUT2D eigenvalue weighted by atomic mass is 10.2. The molecule has 0 unspecified atom stereocenters. The monoisotopic (exact) mass is 368 g/mol. The van der Waals surface area contributed by atoms with Crippen molar-refractivity contribution in [2.45, 2.75) is 6.61 Å². The third-order valence-electron chi connectivity index (χ3n) is 3.46. The van der Waals surface area contributed by atoms with Gasteiger partial charge in [-0.15, -0.1) is 0 Å². The SMILES string of the molecule is COC(=O)c1cnc(NC(=O)c2cccc(OCc3ccccc3)c2)s1. The van der Waals surface area contributed by atoms with Crippen LogP contribution >= 0.6 is 11.3 Å². The van der Waals surface area contributed by atoms with Crippen molar-refractivity contribution in [2.75, 3.05) is 12.4 Å². The van der Waals surface area contributed by atoms with Crippen LogP contribution in [0.1, 0.15) is 25.6 Å². The van der Waals surface area contributed by atoms with E-state index >= 15 is 0 Å². The summed E-state index contributed by atoms with van der Waals surface area (Å²) in [7, 11) is 1.29. The summed E-state index contributed by atoms with van der Waals surface area (Å²) in [6, 6.07) is 16.6. The number of nitrogens with one attached hydrogen (secondary N) is 1. The van der Waals surface area contributed by atoms with E-state index in [2.05, 4.69) is 15.0 Å². The zero-order valence-corrected chi connectivity index (χ0v) is 14.8. The molecule has 0 aliphatic heterocycles. The largest absolute Gasteiger partial charge is 0.489 e. The molecule has 0 atom stereocenters. The number of esters is 1. The Morgan fingerprint density at radius 3 is 2.69 bits per heavy atom. The molecule has 0 bridgehead atoms. The Kier molecular flexibility index (Phi) is 5.60. The molecule has 1 heterocycles. The Hall–Kier alpha value is -3.19. The number of benzene rings is 2. The summed E-state index contributed by atoms with van der Waals surface area (Å²) in [5.41, 5.74) is 1.48. The Morgan fingerprint density at radius 1 is 1.12 bits per heavy atom. The van der Waals surface area contributed by atoms with Gasteiger partial charge in [0.05, 0.1) is 13.3 Å². The molecule has 0 saturated carbocycles. The molecular formula is C19H16N2O4S. The average Bonchev–Trinajstić information content (AvgIpc) is 3.15. The summed E-state index contributed by atoms with van der Waals surface area (Å²) >= 11 is 1.05. The van der Waals surface area contributed by atoms with Gasteiger partial charge in [0.15, 0.2) is 5.13 Å². The summed E-state index contributed by atoms with van der Waals surface area (Å²) in [5, 5.41) is 2.99. The van der Waals surface area contributed by atoms with Crippen LogP contribution in [0.15, 0.2) is 60.8 Å². The lowest BCUT2D eigenvalue weighted by Gasteiger charge is -2.08. The second kappa shape index (κ2) is 8.26. The van der Waals surface area contributed by atoms with Crippen LogP contribution in [0.4, 0.5) is 5.13 Å². The van der Waals surface area contributed by atoms with Crippen molar-refractivity contribution in [3.8, 4) is 5.75 Å². The number of thiazole rings is 1. The Bertz CT molecular complexity index is 909. The second-order valence-corrected chi connectivity index (χ2v) is 6.31. The minimum Gasteiger partial charge on any atom is -0.489 e. The maximum atomic E-state index is 12.4. The fourth-order valence-corrected chi connectivity index (χ4v) is 2.89. The summed E-state index contributed by atoms with van der Waals surface area (Å²) < 4.78 is 10.3. The highest BCUT2D eigenvalue weighted by molar-refractivity contribution is 7.17. The van der Waals surface area contributed by atoms with E-state index in [9.17, 15) is 9.59 Å². The summed E-state index contributed by atoms with van der Waals surface area (Å²) in [6.45, 7) is 0.418. The van der Waals surface area contributed by atoms with Gasteiger partial charge in [0.25, 0.3) is 5.91 Å². The minimum atomic E-state index is -0.487. The lowest BCUT2D eigenvalue weighted by Crippen LogP contribution is -2.11. The number of nitrogens with zero attached hydrogens (tertiary/aromatic N) is 1. The molecule has 3 aromatic rings. The van der Waals surface area contributed by atoms with Gasteiger partial charge in [-0.3, -0.25) is 10.1 Å². The fourth-order valence-electron chi connectivity index (χ4n) is 2.16. The van der Waals surface area contributed by atoms with Gasteiger partial charge in [-0.05, 0) is 23.8 Å². The van der Waals surface area contributed by atoms with E-state index in [1.165, 1.54) is 13.3 Å². The quantitative estimate of drug-likeness (QED) is 0.670. The number of anilines is 1. The van der Waals surface area contributed by atoms with Gasteiger partial charge in [-0.1, -0.05) is 47.7 Å². The summed E-state index contributed by atoms with van der Waals surface area (Å²) in [4.78, 5) is 28.1. The molecular weight excluding hydrogens is 352 g/mol. The number of hydrogen-bond acceptors (Lipinski definition) is 6. The molecule has 26 heavy (non-hydrogen) atoms. The predicted molar refractivity (Wildman–Crippen MR) is 98.6 cm³/mol. The van der Waals surface area contributed by atoms with Gasteiger partial charge in [0, 0.05) is 5.56 Å². The smallest absolute Gasteiger partial charge is 0.349 e. The molecule has 0 aliphatic rings. The van der Waals surface area contributed by atoms with Crippen molar-refractivity contribution in [2.24, 2.45) is 0 Å². The highest BCUT2D eigenvalue weighted by Crippen LogP contribution is 2.21. The average molecular weight is 368 g/mol. The van der Waals surface area contributed by atoms with Crippen LogP contribution in [0, 0.1) is 0 Å². The number of hydrogen-bond donors (Lipinski definition) is 1. The maximum absolute atomic E-state index is 12.4. The Morgan fingerprint density at radius 2 is 1.92 bits per heavy atom.